The van der Waals surface area contributed by atoms with E-state index >= 15 is 0 Å². The highest BCUT2D eigenvalue weighted by Gasteiger charge is 2.38. The number of carbonyl (C=O) groups is 1. The molecule has 1 aromatic rings. The normalized spacial score (nSPS) is 21.9. The second kappa shape index (κ2) is 11.5. The van der Waals surface area contributed by atoms with E-state index in [2.05, 4.69) is 50.9 Å². The van der Waals surface area contributed by atoms with Crippen LogP contribution in [0.2, 0.25) is 0 Å². The molecule has 1 aromatic carbocycles. The van der Waals surface area contributed by atoms with Gasteiger partial charge in [0, 0.05) is 39.8 Å². The fraction of sp³-hybridized carbons (Fsp3) is 0.680. The molecule has 1 saturated heterocycles. The molecule has 1 saturated carbocycles. The molecule has 2 fully saturated rings. The van der Waals surface area contributed by atoms with Crippen molar-refractivity contribution in [1.29, 1.82) is 0 Å². The van der Waals surface area contributed by atoms with Crippen LogP contribution in [0.1, 0.15) is 57.9 Å². The van der Waals surface area contributed by atoms with Crippen LogP contribution in [0.4, 0.5) is 4.79 Å². The Morgan fingerprint density at radius 1 is 1.16 bits per heavy atom. The van der Waals surface area contributed by atoms with E-state index in [4.69, 9.17) is 9.47 Å². The molecule has 3 rings (SSSR count). The van der Waals surface area contributed by atoms with Gasteiger partial charge in [0.2, 0.25) is 0 Å². The molecule has 0 spiro atoms. The largest absolute Gasteiger partial charge is 0.444 e. The molecule has 32 heavy (non-hydrogen) atoms. The number of likely N-dealkylation sites (tertiary alicyclic amines) is 1. The zero-order valence-electron chi connectivity index (χ0n) is 20.1. The lowest BCUT2D eigenvalue weighted by molar-refractivity contribution is 0.0170. The molecule has 1 aliphatic carbocycles. The molecular weight excluding hydrogens is 404 g/mol. The van der Waals surface area contributed by atoms with Crippen molar-refractivity contribution in [3.05, 3.63) is 35.9 Å². The Morgan fingerprint density at radius 3 is 2.53 bits per heavy atom. The summed E-state index contributed by atoms with van der Waals surface area (Å²) >= 11 is 0. The number of piperidine rings is 1. The van der Waals surface area contributed by atoms with Crippen molar-refractivity contribution in [3.63, 3.8) is 0 Å². The maximum absolute atomic E-state index is 11.6. The smallest absolute Gasteiger partial charge is 0.407 e. The lowest BCUT2D eigenvalue weighted by atomic mass is 10.1. The summed E-state index contributed by atoms with van der Waals surface area (Å²) in [6, 6.07) is 10.8. The van der Waals surface area contributed by atoms with Gasteiger partial charge in [-0.3, -0.25) is 4.99 Å². The summed E-state index contributed by atoms with van der Waals surface area (Å²) < 4.78 is 11.3. The number of hydrogen-bond acceptors (Lipinski definition) is 4. The summed E-state index contributed by atoms with van der Waals surface area (Å²) in [6.07, 6.45) is 3.94. The summed E-state index contributed by atoms with van der Waals surface area (Å²) in [5, 5.41) is 6.36. The number of benzene rings is 1. The quantitative estimate of drug-likeness (QED) is 0.363. The van der Waals surface area contributed by atoms with Gasteiger partial charge in [0.05, 0.1) is 6.10 Å². The third kappa shape index (κ3) is 8.01. The Hall–Kier alpha value is -2.28. The van der Waals surface area contributed by atoms with E-state index in [0.717, 1.165) is 44.9 Å². The van der Waals surface area contributed by atoms with Crippen LogP contribution in [0.25, 0.3) is 0 Å². The maximum atomic E-state index is 11.6. The van der Waals surface area contributed by atoms with Crippen LogP contribution in [0.3, 0.4) is 0 Å². The predicted octanol–water partition coefficient (Wildman–Crippen LogP) is 3.76. The van der Waals surface area contributed by atoms with Crippen LogP contribution in [-0.2, 0) is 9.47 Å². The highest BCUT2D eigenvalue weighted by Crippen LogP contribution is 2.46. The van der Waals surface area contributed by atoms with Crippen molar-refractivity contribution >= 4 is 12.1 Å². The number of carbonyl (C=O) groups excluding carboxylic acids is 1. The van der Waals surface area contributed by atoms with E-state index in [-0.39, 0.29) is 12.2 Å². The standard InChI is InChI=1S/C25H40N4O3/c1-25(2,3)32-24(30)27-13-8-16-31-21-11-14-29(15-12-21)23(26-4)28-18-20-17-22(20)19-9-6-5-7-10-19/h5-7,9-10,20-22H,8,11-18H2,1-4H3,(H,26,28)(H,27,30). The molecule has 2 atom stereocenters. The van der Waals surface area contributed by atoms with Crippen LogP contribution >= 0.6 is 0 Å². The molecule has 1 heterocycles. The SMILES string of the molecule is CN=C(NCC1CC1c1ccccc1)N1CCC(OCCCNC(=O)OC(C)(C)C)CC1. The second-order valence-electron chi connectivity index (χ2n) is 9.78. The number of nitrogens with one attached hydrogen (secondary N) is 2. The molecule has 7 nitrogen and oxygen atoms in total. The van der Waals surface area contributed by atoms with E-state index in [1.165, 1.54) is 12.0 Å². The summed E-state index contributed by atoms with van der Waals surface area (Å²) in [6.45, 7) is 9.68. The second-order valence-corrected chi connectivity index (χ2v) is 9.78. The maximum Gasteiger partial charge on any atom is 0.407 e. The highest BCUT2D eigenvalue weighted by molar-refractivity contribution is 5.80. The Kier molecular flexibility index (Phi) is 8.79. The molecule has 0 radical (unpaired) electrons. The summed E-state index contributed by atoms with van der Waals surface area (Å²) in [4.78, 5) is 18.5. The Balaban J connectivity index is 1.26. The number of amides is 1. The van der Waals surface area contributed by atoms with Crippen LogP contribution in [0.15, 0.2) is 35.3 Å². The summed E-state index contributed by atoms with van der Waals surface area (Å²) in [5.74, 6) is 2.39. The van der Waals surface area contributed by atoms with Crippen molar-refractivity contribution in [2.24, 2.45) is 10.9 Å². The molecule has 2 N–H and O–H groups in total. The van der Waals surface area contributed by atoms with E-state index in [1.807, 2.05) is 27.8 Å². The van der Waals surface area contributed by atoms with Crippen molar-refractivity contribution in [2.45, 2.75) is 64.1 Å². The minimum atomic E-state index is -0.466. The van der Waals surface area contributed by atoms with E-state index in [0.29, 0.717) is 25.0 Å². The van der Waals surface area contributed by atoms with Gasteiger partial charge in [-0.2, -0.15) is 0 Å². The molecule has 1 aliphatic heterocycles. The van der Waals surface area contributed by atoms with Gasteiger partial charge in [0.25, 0.3) is 0 Å². The Bertz CT molecular complexity index is 739. The summed E-state index contributed by atoms with van der Waals surface area (Å²) in [7, 11) is 1.87. The average molecular weight is 445 g/mol. The van der Waals surface area contributed by atoms with Gasteiger partial charge in [-0.1, -0.05) is 30.3 Å². The molecule has 2 unspecified atom stereocenters. The minimum absolute atomic E-state index is 0.275. The monoisotopic (exact) mass is 444 g/mol. The zero-order valence-corrected chi connectivity index (χ0v) is 20.1. The first kappa shape index (κ1) is 24.4. The van der Waals surface area contributed by atoms with Crippen LogP contribution < -0.4 is 10.6 Å². The van der Waals surface area contributed by atoms with E-state index in [1.54, 1.807) is 0 Å². The van der Waals surface area contributed by atoms with Gasteiger partial charge in [-0.25, -0.2) is 4.79 Å². The number of guanidine groups is 1. The number of ether oxygens (including phenoxy) is 2. The lowest BCUT2D eigenvalue weighted by Crippen LogP contribution is -2.47. The summed E-state index contributed by atoms with van der Waals surface area (Å²) in [5.41, 5.74) is 0.986. The lowest BCUT2D eigenvalue weighted by Gasteiger charge is -2.34. The predicted molar refractivity (Wildman–Crippen MR) is 128 cm³/mol. The van der Waals surface area contributed by atoms with Crippen molar-refractivity contribution in [3.8, 4) is 0 Å². The number of nitrogens with zero attached hydrogens (tertiary/aromatic N) is 2. The van der Waals surface area contributed by atoms with E-state index in [9.17, 15) is 4.79 Å². The van der Waals surface area contributed by atoms with E-state index < -0.39 is 5.60 Å². The van der Waals surface area contributed by atoms with Crippen molar-refractivity contribution < 1.29 is 14.3 Å². The molecule has 7 heteroatoms. The third-order valence-electron chi connectivity index (χ3n) is 5.97. The first-order chi connectivity index (χ1) is 15.4. The number of aliphatic imine (C=N–C) groups is 1. The first-order valence-corrected chi connectivity index (χ1v) is 11.9. The van der Waals surface area contributed by atoms with Gasteiger partial charge in [0.15, 0.2) is 5.96 Å². The van der Waals surface area contributed by atoms with Crippen LogP contribution in [0.5, 0.6) is 0 Å². The topological polar surface area (TPSA) is 75.2 Å². The van der Waals surface area contributed by atoms with Gasteiger partial charge in [-0.15, -0.1) is 0 Å². The molecule has 0 aromatic heterocycles. The molecule has 2 aliphatic rings. The number of alkyl carbamates (subject to hydrolysis) is 1. The Labute approximate surface area is 192 Å². The molecule has 0 bridgehead atoms. The van der Waals surface area contributed by atoms with Gasteiger partial charge in [-0.05, 0) is 63.9 Å². The van der Waals surface area contributed by atoms with Crippen LogP contribution in [0, 0.1) is 5.92 Å². The van der Waals surface area contributed by atoms with Crippen LogP contribution in [-0.4, -0.2) is 68.5 Å². The fourth-order valence-corrected chi connectivity index (χ4v) is 4.20. The number of rotatable bonds is 8. The Morgan fingerprint density at radius 2 is 1.88 bits per heavy atom. The third-order valence-corrected chi connectivity index (χ3v) is 5.97. The molecule has 1 amide bonds. The molecule has 178 valence electrons. The van der Waals surface area contributed by atoms with Gasteiger partial charge >= 0.3 is 6.09 Å². The average Bonchev–Trinajstić information content (AvgIpc) is 3.54. The minimum Gasteiger partial charge on any atom is -0.444 e. The highest BCUT2D eigenvalue weighted by atomic mass is 16.6. The fourth-order valence-electron chi connectivity index (χ4n) is 4.20. The molecular formula is C25H40N4O3. The first-order valence-electron chi connectivity index (χ1n) is 11.9. The number of hydrogen-bond donors (Lipinski definition) is 2. The van der Waals surface area contributed by atoms with Crippen molar-refractivity contribution in [2.75, 3.05) is 39.8 Å². The van der Waals surface area contributed by atoms with Crippen molar-refractivity contribution in [1.82, 2.24) is 15.5 Å². The zero-order chi connectivity index (χ0) is 23.0. The van der Waals surface area contributed by atoms with Gasteiger partial charge < -0.3 is 25.0 Å². The van der Waals surface area contributed by atoms with Gasteiger partial charge in [0.1, 0.15) is 5.60 Å².